The third-order valence-electron chi connectivity index (χ3n) is 2.69. The highest BCUT2D eigenvalue weighted by atomic mass is 32.1. The summed E-state index contributed by atoms with van der Waals surface area (Å²) in [5.41, 5.74) is 0. The predicted molar refractivity (Wildman–Crippen MR) is 87.6 cm³/mol. The molecule has 2 aromatic rings. The third-order valence-corrected chi connectivity index (χ3v) is 7.21. The Morgan fingerprint density at radius 3 is 2.20 bits per heavy atom. The Morgan fingerprint density at radius 2 is 1.70 bits per heavy atom. The van der Waals surface area contributed by atoms with Crippen LogP contribution in [0.3, 0.4) is 0 Å². The Balaban J connectivity index is 2.53. The molecule has 0 bridgehead atoms. The zero-order valence-electron chi connectivity index (χ0n) is 12.1. The lowest BCUT2D eigenvalue weighted by atomic mass is 10.3. The largest absolute Gasteiger partial charge is 0.362 e. The summed E-state index contributed by atoms with van der Waals surface area (Å²) in [6.45, 7) is 8.49. The van der Waals surface area contributed by atoms with Gasteiger partial charge in [0.2, 0.25) is 0 Å². The zero-order chi connectivity index (χ0) is 14.8. The maximum atomic E-state index is 13.0. The SMILES string of the molecule is CCOP(=O)(OCC)c1cc(C)sc1-c1ccc(C)s1. The van der Waals surface area contributed by atoms with Crippen LogP contribution in [0, 0.1) is 13.8 Å². The molecule has 0 unspecified atom stereocenters. The summed E-state index contributed by atoms with van der Waals surface area (Å²) in [7, 11) is -3.23. The van der Waals surface area contributed by atoms with Gasteiger partial charge in [0.1, 0.15) is 0 Å². The van der Waals surface area contributed by atoms with Crippen molar-refractivity contribution in [3.8, 4) is 9.75 Å². The second kappa shape index (κ2) is 6.54. The van der Waals surface area contributed by atoms with E-state index in [1.807, 2.05) is 26.8 Å². The lowest BCUT2D eigenvalue weighted by Crippen LogP contribution is -2.10. The Morgan fingerprint density at radius 1 is 1.05 bits per heavy atom. The van der Waals surface area contributed by atoms with Crippen molar-refractivity contribution in [1.29, 1.82) is 0 Å². The molecule has 6 heteroatoms. The number of hydrogen-bond donors (Lipinski definition) is 0. The topological polar surface area (TPSA) is 35.5 Å². The standard InChI is InChI=1S/C14H19O3PS2/c1-5-16-18(15,17-6-2)12-9-11(4)20-14(12)13-8-7-10(3)19-13/h7-9H,5-6H2,1-4H3. The summed E-state index contributed by atoms with van der Waals surface area (Å²) in [6, 6.07) is 6.07. The van der Waals surface area contributed by atoms with Gasteiger partial charge in [-0.3, -0.25) is 4.57 Å². The van der Waals surface area contributed by atoms with Gasteiger partial charge in [-0.1, -0.05) is 0 Å². The second-order valence-corrected chi connectivity index (χ2v) is 8.85. The van der Waals surface area contributed by atoms with Crippen molar-refractivity contribution in [2.75, 3.05) is 13.2 Å². The summed E-state index contributed by atoms with van der Waals surface area (Å²) < 4.78 is 24.0. The molecule has 20 heavy (non-hydrogen) atoms. The molecular weight excluding hydrogens is 311 g/mol. The molecule has 0 fully saturated rings. The van der Waals surface area contributed by atoms with Crippen LogP contribution in [0.4, 0.5) is 0 Å². The van der Waals surface area contributed by atoms with E-state index in [0.29, 0.717) is 18.5 Å². The van der Waals surface area contributed by atoms with E-state index in [4.69, 9.17) is 9.05 Å². The van der Waals surface area contributed by atoms with E-state index in [0.717, 1.165) is 14.6 Å². The molecule has 2 aromatic heterocycles. The number of rotatable bonds is 6. The van der Waals surface area contributed by atoms with Crippen LogP contribution in [0.25, 0.3) is 9.75 Å². The van der Waals surface area contributed by atoms with Crippen molar-refractivity contribution in [2.24, 2.45) is 0 Å². The molecule has 2 rings (SSSR count). The van der Waals surface area contributed by atoms with E-state index < -0.39 is 7.60 Å². The quantitative estimate of drug-likeness (QED) is 0.700. The van der Waals surface area contributed by atoms with Gasteiger partial charge in [-0.15, -0.1) is 22.7 Å². The van der Waals surface area contributed by atoms with Gasteiger partial charge in [-0.2, -0.15) is 0 Å². The van der Waals surface area contributed by atoms with Gasteiger partial charge in [0, 0.05) is 14.6 Å². The van der Waals surface area contributed by atoms with Crippen molar-refractivity contribution >= 4 is 35.6 Å². The van der Waals surface area contributed by atoms with E-state index in [-0.39, 0.29) is 0 Å². The van der Waals surface area contributed by atoms with Crippen molar-refractivity contribution in [2.45, 2.75) is 27.7 Å². The van der Waals surface area contributed by atoms with Crippen molar-refractivity contribution in [3.63, 3.8) is 0 Å². The van der Waals surface area contributed by atoms with Crippen LogP contribution in [0.15, 0.2) is 18.2 Å². The van der Waals surface area contributed by atoms with Gasteiger partial charge >= 0.3 is 7.60 Å². The molecule has 0 N–H and O–H groups in total. The van der Waals surface area contributed by atoms with Gasteiger partial charge in [0.15, 0.2) is 0 Å². The average molecular weight is 330 g/mol. The van der Waals surface area contributed by atoms with Gasteiger partial charge in [0.25, 0.3) is 0 Å². The molecule has 0 radical (unpaired) electrons. The summed E-state index contributed by atoms with van der Waals surface area (Å²) >= 11 is 3.34. The molecule has 0 aliphatic rings. The van der Waals surface area contributed by atoms with Gasteiger partial charge < -0.3 is 9.05 Å². The van der Waals surface area contributed by atoms with Crippen LogP contribution in [0.5, 0.6) is 0 Å². The van der Waals surface area contributed by atoms with Crippen LogP contribution < -0.4 is 5.30 Å². The fraction of sp³-hybridized carbons (Fsp3) is 0.429. The normalized spacial score (nSPS) is 12.0. The minimum absolute atomic E-state index is 0.370. The molecule has 0 atom stereocenters. The lowest BCUT2D eigenvalue weighted by Gasteiger charge is -2.17. The van der Waals surface area contributed by atoms with Crippen LogP contribution in [-0.2, 0) is 13.6 Å². The maximum absolute atomic E-state index is 13.0. The van der Waals surface area contributed by atoms with E-state index in [2.05, 4.69) is 19.1 Å². The average Bonchev–Trinajstić information content (AvgIpc) is 2.96. The van der Waals surface area contributed by atoms with E-state index in [1.165, 1.54) is 4.88 Å². The second-order valence-electron chi connectivity index (χ2n) is 4.31. The summed E-state index contributed by atoms with van der Waals surface area (Å²) in [4.78, 5) is 4.47. The summed E-state index contributed by atoms with van der Waals surface area (Å²) in [5.74, 6) is 0. The van der Waals surface area contributed by atoms with Crippen molar-refractivity contribution < 1.29 is 13.6 Å². The van der Waals surface area contributed by atoms with Crippen LogP contribution in [0.1, 0.15) is 23.6 Å². The predicted octanol–water partition coefficient (Wildman–Crippen LogP) is 4.98. The lowest BCUT2D eigenvalue weighted by molar-refractivity contribution is 0.230. The first-order chi connectivity index (χ1) is 9.50. The molecule has 0 saturated carbocycles. The minimum Gasteiger partial charge on any atom is -0.305 e. The molecule has 0 aliphatic carbocycles. The smallest absolute Gasteiger partial charge is 0.305 e. The minimum atomic E-state index is -3.23. The molecular formula is C14H19O3PS2. The Kier molecular flexibility index (Phi) is 5.21. The van der Waals surface area contributed by atoms with Gasteiger partial charge in [-0.05, 0) is 45.9 Å². The highest BCUT2D eigenvalue weighted by molar-refractivity contribution is 7.63. The van der Waals surface area contributed by atoms with Crippen LogP contribution in [-0.4, -0.2) is 13.2 Å². The van der Waals surface area contributed by atoms with E-state index in [9.17, 15) is 4.57 Å². The van der Waals surface area contributed by atoms with Crippen LogP contribution in [0.2, 0.25) is 0 Å². The molecule has 0 amide bonds. The fourth-order valence-electron chi connectivity index (χ4n) is 1.95. The van der Waals surface area contributed by atoms with Crippen LogP contribution >= 0.6 is 30.3 Å². The highest BCUT2D eigenvalue weighted by Gasteiger charge is 2.32. The van der Waals surface area contributed by atoms with E-state index in [1.54, 1.807) is 22.7 Å². The first-order valence-corrected chi connectivity index (χ1v) is 9.74. The molecule has 110 valence electrons. The molecule has 2 heterocycles. The molecule has 0 spiro atoms. The van der Waals surface area contributed by atoms with Gasteiger partial charge in [-0.25, -0.2) is 0 Å². The number of aryl methyl sites for hydroxylation is 2. The van der Waals surface area contributed by atoms with Crippen molar-refractivity contribution in [3.05, 3.63) is 28.0 Å². The summed E-state index contributed by atoms with van der Waals surface area (Å²) in [6.07, 6.45) is 0. The zero-order valence-corrected chi connectivity index (χ0v) is 14.7. The van der Waals surface area contributed by atoms with Crippen molar-refractivity contribution in [1.82, 2.24) is 0 Å². The van der Waals surface area contributed by atoms with Gasteiger partial charge in [0.05, 0.1) is 23.4 Å². The maximum Gasteiger partial charge on any atom is 0.362 e. The Bertz CT molecular complexity index is 620. The number of thiophene rings is 2. The Hall–Kier alpha value is -0.450. The fourth-order valence-corrected chi connectivity index (χ4v) is 6.24. The van der Waals surface area contributed by atoms with E-state index >= 15 is 0 Å². The first kappa shape index (κ1) is 15.9. The monoisotopic (exact) mass is 330 g/mol. The molecule has 0 saturated heterocycles. The third kappa shape index (κ3) is 3.23. The molecule has 0 aromatic carbocycles. The highest BCUT2D eigenvalue weighted by Crippen LogP contribution is 2.51. The first-order valence-electron chi connectivity index (χ1n) is 6.57. The molecule has 0 aliphatic heterocycles. The summed E-state index contributed by atoms with van der Waals surface area (Å²) in [5, 5.41) is 0.700. The Labute approximate surface area is 128 Å². The number of hydrogen-bond acceptors (Lipinski definition) is 5. The molecule has 3 nitrogen and oxygen atoms in total.